The number of aryl methyl sites for hydroxylation is 1. The number of piperidine rings is 1. The first-order chi connectivity index (χ1) is 14.5. The lowest BCUT2D eigenvalue weighted by atomic mass is 9.80. The van der Waals surface area contributed by atoms with Crippen LogP contribution in [0.1, 0.15) is 67.0 Å². The quantitative estimate of drug-likeness (QED) is 0.829. The molecule has 160 valence electrons. The van der Waals surface area contributed by atoms with Crippen LogP contribution in [0.5, 0.6) is 0 Å². The first-order valence-electron chi connectivity index (χ1n) is 10.6. The van der Waals surface area contributed by atoms with Crippen molar-refractivity contribution >= 4 is 11.8 Å². The zero-order valence-electron chi connectivity index (χ0n) is 17.2. The van der Waals surface area contributed by atoms with Gasteiger partial charge in [0.05, 0.1) is 5.92 Å². The molecule has 8 heteroatoms. The van der Waals surface area contributed by atoms with E-state index in [2.05, 4.69) is 15.5 Å². The standard InChI is InChI=1S/C22H27FN4O3/c1-15-24-21(26-30-15)22(11-3-2-4-12-22)25-19(28)17-6-5-13-27(14-17)20(29)16-7-9-18(23)10-8-16/h7-10,17H,2-6,11-14H2,1H3,(H,25,28). The van der Waals surface area contributed by atoms with Crippen molar-refractivity contribution in [1.82, 2.24) is 20.4 Å². The van der Waals surface area contributed by atoms with Crippen molar-refractivity contribution in [2.24, 2.45) is 5.92 Å². The van der Waals surface area contributed by atoms with Crippen LogP contribution in [0.25, 0.3) is 0 Å². The van der Waals surface area contributed by atoms with Crippen molar-refractivity contribution in [2.45, 2.75) is 57.4 Å². The van der Waals surface area contributed by atoms with E-state index in [1.807, 2.05) is 0 Å². The lowest BCUT2D eigenvalue weighted by Gasteiger charge is -2.38. The van der Waals surface area contributed by atoms with E-state index in [-0.39, 0.29) is 23.5 Å². The number of hydrogen-bond donors (Lipinski definition) is 1. The van der Waals surface area contributed by atoms with Gasteiger partial charge in [-0.3, -0.25) is 9.59 Å². The molecule has 1 saturated carbocycles. The number of likely N-dealkylation sites (tertiary alicyclic amines) is 1. The molecule has 1 N–H and O–H groups in total. The Kier molecular flexibility index (Phi) is 5.83. The Morgan fingerprint density at radius 3 is 2.57 bits per heavy atom. The first-order valence-corrected chi connectivity index (χ1v) is 10.6. The van der Waals surface area contributed by atoms with Crippen LogP contribution in [0.2, 0.25) is 0 Å². The van der Waals surface area contributed by atoms with Crippen LogP contribution in [0, 0.1) is 18.7 Å². The zero-order chi connectivity index (χ0) is 21.1. The summed E-state index contributed by atoms with van der Waals surface area (Å²) in [7, 11) is 0. The lowest BCUT2D eigenvalue weighted by Crippen LogP contribution is -2.53. The van der Waals surface area contributed by atoms with Crippen LogP contribution in [0.3, 0.4) is 0 Å². The third kappa shape index (κ3) is 4.22. The number of hydrogen-bond acceptors (Lipinski definition) is 5. The maximum atomic E-state index is 13.2. The number of nitrogens with zero attached hydrogens (tertiary/aromatic N) is 3. The molecular formula is C22H27FN4O3. The molecule has 2 fully saturated rings. The molecule has 30 heavy (non-hydrogen) atoms. The van der Waals surface area contributed by atoms with Gasteiger partial charge >= 0.3 is 0 Å². The summed E-state index contributed by atoms with van der Waals surface area (Å²) in [5, 5.41) is 7.33. The monoisotopic (exact) mass is 414 g/mol. The van der Waals surface area contributed by atoms with Gasteiger partial charge in [-0.05, 0) is 49.9 Å². The first kappa shape index (κ1) is 20.5. The smallest absolute Gasteiger partial charge is 0.253 e. The Bertz CT molecular complexity index is 905. The molecule has 1 atom stereocenters. The van der Waals surface area contributed by atoms with E-state index in [1.165, 1.54) is 24.3 Å². The van der Waals surface area contributed by atoms with Gasteiger partial charge in [-0.25, -0.2) is 4.39 Å². The predicted octanol–water partition coefficient (Wildman–Crippen LogP) is 3.35. The van der Waals surface area contributed by atoms with E-state index in [4.69, 9.17) is 4.52 Å². The molecule has 2 aliphatic rings. The molecule has 0 bridgehead atoms. The fourth-order valence-electron chi connectivity index (χ4n) is 4.54. The summed E-state index contributed by atoms with van der Waals surface area (Å²) < 4.78 is 18.3. The number of amides is 2. The minimum Gasteiger partial charge on any atom is -0.343 e. The number of halogens is 1. The Morgan fingerprint density at radius 1 is 1.17 bits per heavy atom. The van der Waals surface area contributed by atoms with Gasteiger partial charge in [-0.1, -0.05) is 24.4 Å². The highest BCUT2D eigenvalue weighted by molar-refractivity contribution is 5.94. The van der Waals surface area contributed by atoms with E-state index in [0.717, 1.165) is 44.9 Å². The molecular weight excluding hydrogens is 387 g/mol. The van der Waals surface area contributed by atoms with E-state index >= 15 is 0 Å². The van der Waals surface area contributed by atoms with Gasteiger partial charge in [0, 0.05) is 25.6 Å². The molecule has 0 spiro atoms. The topological polar surface area (TPSA) is 88.3 Å². The Labute approximate surface area is 175 Å². The number of carbonyl (C=O) groups excluding carboxylic acids is 2. The molecule has 1 aromatic heterocycles. The second-order valence-corrected chi connectivity index (χ2v) is 8.37. The van der Waals surface area contributed by atoms with Crippen molar-refractivity contribution in [2.75, 3.05) is 13.1 Å². The normalized spacial score (nSPS) is 21.3. The molecule has 1 saturated heterocycles. The fraction of sp³-hybridized carbons (Fsp3) is 0.545. The van der Waals surface area contributed by atoms with Gasteiger partial charge in [-0.15, -0.1) is 0 Å². The average Bonchev–Trinajstić information content (AvgIpc) is 3.21. The van der Waals surface area contributed by atoms with Crippen LogP contribution in [0.4, 0.5) is 4.39 Å². The van der Waals surface area contributed by atoms with Crippen LogP contribution in [-0.2, 0) is 10.3 Å². The Hall–Kier alpha value is -2.77. The van der Waals surface area contributed by atoms with Crippen LogP contribution in [-0.4, -0.2) is 39.9 Å². The molecule has 1 aliphatic heterocycles. The third-order valence-electron chi connectivity index (χ3n) is 6.20. The van der Waals surface area contributed by atoms with Gasteiger partial charge in [0.1, 0.15) is 11.4 Å². The van der Waals surface area contributed by atoms with Gasteiger partial charge < -0.3 is 14.7 Å². The Morgan fingerprint density at radius 2 is 1.90 bits per heavy atom. The SMILES string of the molecule is Cc1nc(C2(NC(=O)C3CCCN(C(=O)c4ccc(F)cc4)C3)CCCCC2)no1. The second kappa shape index (κ2) is 8.53. The maximum absolute atomic E-state index is 13.2. The minimum atomic E-state index is -0.601. The average molecular weight is 414 g/mol. The third-order valence-corrected chi connectivity index (χ3v) is 6.20. The van der Waals surface area contributed by atoms with Gasteiger partial charge in [-0.2, -0.15) is 4.98 Å². The van der Waals surface area contributed by atoms with Crippen molar-refractivity contribution in [3.63, 3.8) is 0 Å². The Balaban J connectivity index is 1.46. The van der Waals surface area contributed by atoms with E-state index < -0.39 is 5.54 Å². The van der Waals surface area contributed by atoms with Gasteiger partial charge in [0.15, 0.2) is 5.82 Å². The van der Waals surface area contributed by atoms with Crippen molar-refractivity contribution < 1.29 is 18.5 Å². The van der Waals surface area contributed by atoms with Gasteiger partial charge in [0.2, 0.25) is 11.8 Å². The summed E-state index contributed by atoms with van der Waals surface area (Å²) in [6.07, 6.45) is 6.14. The largest absolute Gasteiger partial charge is 0.343 e. The molecule has 0 radical (unpaired) electrons. The molecule has 7 nitrogen and oxygen atoms in total. The van der Waals surface area contributed by atoms with E-state index in [0.29, 0.717) is 30.4 Å². The maximum Gasteiger partial charge on any atom is 0.253 e. The predicted molar refractivity (Wildman–Crippen MR) is 107 cm³/mol. The van der Waals surface area contributed by atoms with Crippen molar-refractivity contribution in [1.29, 1.82) is 0 Å². The second-order valence-electron chi connectivity index (χ2n) is 8.37. The number of carbonyl (C=O) groups is 2. The molecule has 2 heterocycles. The van der Waals surface area contributed by atoms with Crippen molar-refractivity contribution in [3.05, 3.63) is 47.4 Å². The van der Waals surface area contributed by atoms with E-state index in [1.54, 1.807) is 11.8 Å². The number of benzene rings is 1. The number of aromatic nitrogens is 2. The highest BCUT2D eigenvalue weighted by Crippen LogP contribution is 2.36. The molecule has 1 aromatic carbocycles. The lowest BCUT2D eigenvalue weighted by molar-refractivity contribution is -0.129. The van der Waals surface area contributed by atoms with Crippen molar-refractivity contribution in [3.8, 4) is 0 Å². The molecule has 1 aliphatic carbocycles. The zero-order valence-corrected chi connectivity index (χ0v) is 17.2. The number of rotatable bonds is 4. The van der Waals surface area contributed by atoms with Crippen LogP contribution < -0.4 is 5.32 Å². The summed E-state index contributed by atoms with van der Waals surface area (Å²) in [6, 6.07) is 5.52. The summed E-state index contributed by atoms with van der Waals surface area (Å²) >= 11 is 0. The van der Waals surface area contributed by atoms with Gasteiger partial charge in [0.25, 0.3) is 5.91 Å². The molecule has 4 rings (SSSR count). The molecule has 2 amide bonds. The van der Waals surface area contributed by atoms with Crippen LogP contribution >= 0.6 is 0 Å². The summed E-state index contributed by atoms with van der Waals surface area (Å²) in [6.45, 7) is 2.69. The summed E-state index contributed by atoms with van der Waals surface area (Å²) in [5.74, 6) is 0.109. The summed E-state index contributed by atoms with van der Waals surface area (Å²) in [5.41, 5.74) is -0.167. The van der Waals surface area contributed by atoms with E-state index in [9.17, 15) is 14.0 Å². The molecule has 1 unspecified atom stereocenters. The molecule has 2 aromatic rings. The van der Waals surface area contributed by atoms with Crippen LogP contribution in [0.15, 0.2) is 28.8 Å². The highest BCUT2D eigenvalue weighted by Gasteiger charge is 2.41. The minimum absolute atomic E-state index is 0.0732. The highest BCUT2D eigenvalue weighted by atomic mass is 19.1. The number of nitrogens with one attached hydrogen (secondary N) is 1. The fourth-order valence-corrected chi connectivity index (χ4v) is 4.54. The summed E-state index contributed by atoms with van der Waals surface area (Å²) in [4.78, 5) is 32.1.